The molecule has 0 spiro atoms. The van der Waals surface area contributed by atoms with E-state index >= 15 is 0 Å². The molecular weight excluding hydrogens is 368 g/mol. The molecular formula is C23H25ClN4. The van der Waals surface area contributed by atoms with Crippen molar-refractivity contribution in [3.05, 3.63) is 88.2 Å². The Kier molecular flexibility index (Phi) is 5.98. The second kappa shape index (κ2) is 8.80. The number of likely N-dealkylation sites (tertiary alicyclic amines) is 1. The molecule has 144 valence electrons. The zero-order valence-electron chi connectivity index (χ0n) is 16.2. The number of benzene rings is 1. The smallest absolute Gasteiger partial charge is 0.127 e. The highest BCUT2D eigenvalue weighted by atomic mass is 35.5. The van der Waals surface area contributed by atoms with Crippen LogP contribution in [0.5, 0.6) is 0 Å². The number of pyridine rings is 1. The van der Waals surface area contributed by atoms with Gasteiger partial charge in [0.15, 0.2) is 0 Å². The van der Waals surface area contributed by atoms with Gasteiger partial charge < -0.3 is 0 Å². The van der Waals surface area contributed by atoms with E-state index in [1.807, 2.05) is 24.5 Å². The highest BCUT2D eigenvalue weighted by molar-refractivity contribution is 6.30. The summed E-state index contributed by atoms with van der Waals surface area (Å²) < 4.78 is 0. The summed E-state index contributed by atoms with van der Waals surface area (Å²) in [6.45, 7) is 4.04. The molecule has 4 rings (SSSR count). The first kappa shape index (κ1) is 19.0. The molecule has 4 nitrogen and oxygen atoms in total. The van der Waals surface area contributed by atoms with E-state index in [0.29, 0.717) is 6.04 Å². The number of hydrogen-bond acceptors (Lipinski definition) is 4. The molecule has 0 saturated carbocycles. The van der Waals surface area contributed by atoms with E-state index in [1.165, 1.54) is 17.5 Å². The molecule has 0 aliphatic carbocycles. The van der Waals surface area contributed by atoms with Crippen LogP contribution in [0.25, 0.3) is 0 Å². The molecule has 1 saturated heterocycles. The Morgan fingerprint density at radius 1 is 1.04 bits per heavy atom. The van der Waals surface area contributed by atoms with Gasteiger partial charge in [0.1, 0.15) is 5.82 Å². The largest absolute Gasteiger partial charge is 0.290 e. The summed E-state index contributed by atoms with van der Waals surface area (Å²) in [6.07, 6.45) is 7.96. The first-order valence-electron chi connectivity index (χ1n) is 9.95. The fourth-order valence-electron chi connectivity index (χ4n) is 3.82. The van der Waals surface area contributed by atoms with Crippen molar-refractivity contribution in [2.75, 3.05) is 6.54 Å². The summed E-state index contributed by atoms with van der Waals surface area (Å²) in [5, 5.41) is 0.767. The minimum Gasteiger partial charge on any atom is -0.290 e. The zero-order chi connectivity index (χ0) is 19.3. The van der Waals surface area contributed by atoms with Gasteiger partial charge in [0, 0.05) is 48.1 Å². The Morgan fingerprint density at radius 3 is 2.57 bits per heavy atom. The van der Waals surface area contributed by atoms with E-state index in [1.54, 1.807) is 0 Å². The van der Waals surface area contributed by atoms with Crippen molar-refractivity contribution in [2.24, 2.45) is 0 Å². The maximum Gasteiger partial charge on any atom is 0.127 e. The molecule has 3 heterocycles. The van der Waals surface area contributed by atoms with Crippen LogP contribution in [0, 0.1) is 0 Å². The van der Waals surface area contributed by atoms with Gasteiger partial charge in [0.05, 0.1) is 11.7 Å². The molecule has 5 heteroatoms. The summed E-state index contributed by atoms with van der Waals surface area (Å²) in [4.78, 5) is 16.4. The summed E-state index contributed by atoms with van der Waals surface area (Å²) in [7, 11) is 0. The van der Waals surface area contributed by atoms with Crippen molar-refractivity contribution in [1.82, 2.24) is 19.9 Å². The maximum atomic E-state index is 6.00. The molecule has 0 radical (unpaired) electrons. The zero-order valence-corrected chi connectivity index (χ0v) is 16.9. The van der Waals surface area contributed by atoms with Crippen molar-refractivity contribution < 1.29 is 0 Å². The van der Waals surface area contributed by atoms with Gasteiger partial charge in [0.2, 0.25) is 0 Å². The van der Waals surface area contributed by atoms with Crippen LogP contribution in [-0.4, -0.2) is 26.4 Å². The molecule has 0 N–H and O–H groups in total. The molecule has 1 atom stereocenters. The van der Waals surface area contributed by atoms with Gasteiger partial charge in [-0.15, -0.1) is 0 Å². The minimum absolute atomic E-state index is 0.357. The van der Waals surface area contributed by atoms with Crippen LogP contribution in [-0.2, 0) is 19.4 Å². The Morgan fingerprint density at radius 2 is 1.82 bits per heavy atom. The van der Waals surface area contributed by atoms with E-state index < -0.39 is 0 Å². The van der Waals surface area contributed by atoms with Crippen molar-refractivity contribution in [2.45, 2.75) is 45.2 Å². The van der Waals surface area contributed by atoms with Crippen LogP contribution < -0.4 is 0 Å². The quantitative estimate of drug-likeness (QED) is 0.591. The highest BCUT2D eigenvalue weighted by Gasteiger charge is 2.27. The average Bonchev–Trinajstić information content (AvgIpc) is 3.19. The Bertz CT molecular complexity index is 909. The molecule has 1 fully saturated rings. The predicted octanol–water partition coefficient (Wildman–Crippen LogP) is 5.02. The van der Waals surface area contributed by atoms with Gasteiger partial charge in [-0.25, -0.2) is 9.97 Å². The van der Waals surface area contributed by atoms with Crippen LogP contribution >= 0.6 is 11.6 Å². The second-order valence-electron chi connectivity index (χ2n) is 7.35. The molecule has 1 aromatic carbocycles. The van der Waals surface area contributed by atoms with Crippen LogP contribution in [0.15, 0.2) is 54.9 Å². The monoisotopic (exact) mass is 392 g/mol. The van der Waals surface area contributed by atoms with Gasteiger partial charge in [-0.1, -0.05) is 36.7 Å². The predicted molar refractivity (Wildman–Crippen MR) is 112 cm³/mol. The third-order valence-corrected chi connectivity index (χ3v) is 5.54. The second-order valence-corrected chi connectivity index (χ2v) is 7.78. The van der Waals surface area contributed by atoms with Gasteiger partial charge in [0.25, 0.3) is 0 Å². The maximum absolute atomic E-state index is 6.00. The third kappa shape index (κ3) is 4.57. The first-order valence-corrected chi connectivity index (χ1v) is 10.3. The Hall–Kier alpha value is -2.30. The average molecular weight is 393 g/mol. The molecule has 1 aliphatic heterocycles. The summed E-state index contributed by atoms with van der Waals surface area (Å²) in [5.41, 5.74) is 4.66. The van der Waals surface area contributed by atoms with Crippen LogP contribution in [0.3, 0.4) is 0 Å². The Labute approximate surface area is 171 Å². The number of nitrogens with zero attached hydrogens (tertiary/aromatic N) is 4. The molecule has 0 unspecified atom stereocenters. The van der Waals surface area contributed by atoms with Gasteiger partial charge in [-0.05, 0) is 49.2 Å². The third-order valence-electron chi connectivity index (χ3n) is 5.29. The first-order chi connectivity index (χ1) is 13.7. The number of rotatable bonds is 6. The molecule has 0 amide bonds. The fourth-order valence-corrected chi connectivity index (χ4v) is 3.95. The van der Waals surface area contributed by atoms with E-state index in [-0.39, 0.29) is 0 Å². The normalized spacial score (nSPS) is 17.1. The van der Waals surface area contributed by atoms with Crippen molar-refractivity contribution >= 4 is 11.6 Å². The van der Waals surface area contributed by atoms with Crippen LogP contribution in [0.4, 0.5) is 0 Å². The molecule has 2 aromatic heterocycles. The summed E-state index contributed by atoms with van der Waals surface area (Å²) in [5.74, 6) is 0.901. The van der Waals surface area contributed by atoms with E-state index in [2.05, 4.69) is 52.1 Å². The van der Waals surface area contributed by atoms with Crippen molar-refractivity contribution in [1.29, 1.82) is 0 Å². The Balaban J connectivity index is 1.48. The molecule has 0 bridgehead atoms. The molecule has 3 aromatic rings. The SMILES string of the molecule is CCc1ncc(CN2CCC[C@H]2c2cccc(Cc3ccc(Cl)cc3)n2)cn1. The topological polar surface area (TPSA) is 41.9 Å². The van der Waals surface area contributed by atoms with Gasteiger partial charge in [-0.3, -0.25) is 9.88 Å². The standard InChI is InChI=1S/C23H25ClN4/c1-2-23-25-14-18(15-26-23)16-28-12-4-7-22(28)21-6-3-5-20(27-21)13-17-8-10-19(24)11-9-17/h3,5-6,8-11,14-15,22H,2,4,7,12-13,16H2,1H3/t22-/m0/s1. The lowest BCUT2D eigenvalue weighted by molar-refractivity contribution is 0.243. The van der Waals surface area contributed by atoms with E-state index in [9.17, 15) is 0 Å². The lowest BCUT2D eigenvalue weighted by Crippen LogP contribution is -2.24. The van der Waals surface area contributed by atoms with Gasteiger partial charge in [-0.2, -0.15) is 0 Å². The van der Waals surface area contributed by atoms with Gasteiger partial charge >= 0.3 is 0 Å². The fraction of sp³-hybridized carbons (Fsp3) is 0.348. The van der Waals surface area contributed by atoms with E-state index in [0.717, 1.165) is 54.6 Å². The highest BCUT2D eigenvalue weighted by Crippen LogP contribution is 2.32. The van der Waals surface area contributed by atoms with Crippen molar-refractivity contribution in [3.63, 3.8) is 0 Å². The lowest BCUT2D eigenvalue weighted by atomic mass is 10.1. The summed E-state index contributed by atoms with van der Waals surface area (Å²) >= 11 is 6.00. The molecule has 1 aliphatic rings. The summed E-state index contributed by atoms with van der Waals surface area (Å²) in [6, 6.07) is 14.8. The van der Waals surface area contributed by atoms with Crippen LogP contribution in [0.1, 0.15) is 54.1 Å². The number of halogens is 1. The molecule has 28 heavy (non-hydrogen) atoms. The number of hydrogen-bond donors (Lipinski definition) is 0. The minimum atomic E-state index is 0.357. The lowest BCUT2D eigenvalue weighted by Gasteiger charge is -2.24. The number of aryl methyl sites for hydroxylation is 1. The number of aromatic nitrogens is 3. The van der Waals surface area contributed by atoms with Crippen LogP contribution in [0.2, 0.25) is 5.02 Å². The van der Waals surface area contributed by atoms with E-state index in [4.69, 9.17) is 16.6 Å². The van der Waals surface area contributed by atoms with Crippen molar-refractivity contribution in [3.8, 4) is 0 Å².